The van der Waals surface area contributed by atoms with Gasteiger partial charge in [0.25, 0.3) is 0 Å². The Hall–Kier alpha value is -2.18. The van der Waals surface area contributed by atoms with Crippen molar-refractivity contribution in [1.29, 1.82) is 0 Å². The van der Waals surface area contributed by atoms with Gasteiger partial charge in [-0.1, -0.05) is 30.3 Å². The molecule has 0 saturated carbocycles. The van der Waals surface area contributed by atoms with Gasteiger partial charge in [-0.15, -0.1) is 0 Å². The number of nitrogens with zero attached hydrogens (tertiary/aromatic N) is 3. The van der Waals surface area contributed by atoms with E-state index < -0.39 is 0 Å². The fourth-order valence-electron chi connectivity index (χ4n) is 4.57. The summed E-state index contributed by atoms with van der Waals surface area (Å²) in [4.78, 5) is 17.9. The molecule has 1 N–H and O–H groups in total. The van der Waals surface area contributed by atoms with E-state index in [1.54, 1.807) is 0 Å². The Balaban J connectivity index is 1.40. The fraction of sp³-hybridized carbons (Fsp3) is 0.545. The van der Waals surface area contributed by atoms with Gasteiger partial charge in [0.05, 0.1) is 24.9 Å². The number of H-pyrrole nitrogens is 1. The van der Waals surface area contributed by atoms with Crippen LogP contribution in [0, 0.1) is 19.8 Å². The van der Waals surface area contributed by atoms with Gasteiger partial charge in [-0.05, 0) is 45.3 Å². The number of rotatable bonds is 4. The highest BCUT2D eigenvalue weighted by molar-refractivity contribution is 5.79. The first-order valence-electron chi connectivity index (χ1n) is 10.3. The number of benzene rings is 1. The molecule has 0 bridgehead atoms. The molecule has 0 aliphatic carbocycles. The Labute approximate surface area is 166 Å². The zero-order valence-electron chi connectivity index (χ0n) is 16.9. The molecule has 6 heteroatoms. The van der Waals surface area contributed by atoms with Crippen LogP contribution in [0.1, 0.15) is 41.4 Å². The third kappa shape index (κ3) is 3.98. The molecule has 0 spiro atoms. The number of aromatic amines is 1. The minimum atomic E-state index is -0.0256. The number of piperidine rings is 1. The van der Waals surface area contributed by atoms with Gasteiger partial charge in [0.1, 0.15) is 0 Å². The summed E-state index contributed by atoms with van der Waals surface area (Å²) >= 11 is 0. The lowest BCUT2D eigenvalue weighted by atomic mass is 9.93. The molecule has 28 heavy (non-hydrogen) atoms. The molecule has 150 valence electrons. The van der Waals surface area contributed by atoms with E-state index in [0.29, 0.717) is 19.8 Å². The van der Waals surface area contributed by atoms with Crippen LogP contribution in [0.25, 0.3) is 0 Å². The molecule has 0 unspecified atom stereocenters. The third-order valence-corrected chi connectivity index (χ3v) is 6.12. The van der Waals surface area contributed by atoms with Gasteiger partial charge in [0.15, 0.2) is 0 Å². The van der Waals surface area contributed by atoms with Crippen molar-refractivity contribution in [1.82, 2.24) is 20.0 Å². The van der Waals surface area contributed by atoms with Crippen LogP contribution < -0.4 is 0 Å². The Morgan fingerprint density at radius 3 is 2.61 bits per heavy atom. The Morgan fingerprint density at radius 2 is 1.93 bits per heavy atom. The second kappa shape index (κ2) is 8.45. The maximum Gasteiger partial charge on any atom is 0.226 e. The smallest absolute Gasteiger partial charge is 0.226 e. The Bertz CT molecular complexity index is 777. The lowest BCUT2D eigenvalue weighted by Gasteiger charge is -2.40. The molecule has 2 aliphatic heterocycles. The Kier molecular flexibility index (Phi) is 5.78. The number of aromatic nitrogens is 2. The Morgan fingerprint density at radius 1 is 1.18 bits per heavy atom. The second-order valence-electron chi connectivity index (χ2n) is 8.01. The first kappa shape index (κ1) is 19.2. The van der Waals surface area contributed by atoms with E-state index in [-0.39, 0.29) is 17.9 Å². The van der Waals surface area contributed by atoms with Crippen molar-refractivity contribution in [3.63, 3.8) is 0 Å². The average Bonchev–Trinajstić information content (AvgIpc) is 3.07. The molecule has 2 aromatic rings. The first-order chi connectivity index (χ1) is 13.6. The number of likely N-dealkylation sites (tertiary alicyclic amines) is 1. The number of carbonyl (C=O) groups excluding carboxylic acids is 1. The minimum absolute atomic E-state index is 0.0256. The first-order valence-corrected chi connectivity index (χ1v) is 10.3. The largest absolute Gasteiger partial charge is 0.377 e. The normalized spacial score (nSPS) is 21.8. The van der Waals surface area contributed by atoms with Crippen LogP contribution in [0.4, 0.5) is 0 Å². The SMILES string of the molecule is Cc1n[nH]c(C)c1[C@@H]1COCCN1C(=O)C1CCN(Cc2ccccc2)CC1. The number of ether oxygens (including phenoxy) is 1. The summed E-state index contributed by atoms with van der Waals surface area (Å²) in [6.07, 6.45) is 1.86. The van der Waals surface area contributed by atoms with Gasteiger partial charge in [-0.25, -0.2) is 0 Å². The standard InChI is InChI=1S/C22H30N4O2/c1-16-21(17(2)24-23-16)20-15-28-13-12-26(20)22(27)19-8-10-25(11-9-19)14-18-6-4-3-5-7-18/h3-7,19-20H,8-15H2,1-2H3,(H,23,24)/t20-/m0/s1. The lowest BCUT2D eigenvalue weighted by Crippen LogP contribution is -2.48. The summed E-state index contributed by atoms with van der Waals surface area (Å²) in [5.74, 6) is 0.396. The molecule has 2 aliphatic rings. The summed E-state index contributed by atoms with van der Waals surface area (Å²) in [7, 11) is 0. The van der Waals surface area contributed by atoms with Crippen molar-refractivity contribution in [3.8, 4) is 0 Å². The molecule has 1 aromatic carbocycles. The number of carbonyl (C=O) groups is 1. The van der Waals surface area contributed by atoms with Gasteiger partial charge in [-0.3, -0.25) is 14.8 Å². The summed E-state index contributed by atoms with van der Waals surface area (Å²) in [6, 6.07) is 10.5. The number of aryl methyl sites for hydroxylation is 2. The van der Waals surface area contributed by atoms with Crippen molar-refractivity contribution < 1.29 is 9.53 Å². The van der Waals surface area contributed by atoms with Crippen LogP contribution in [-0.4, -0.2) is 58.8 Å². The van der Waals surface area contributed by atoms with Crippen LogP contribution in [0.2, 0.25) is 0 Å². The third-order valence-electron chi connectivity index (χ3n) is 6.12. The zero-order valence-corrected chi connectivity index (χ0v) is 16.9. The predicted octanol–water partition coefficient (Wildman–Crippen LogP) is 2.84. The van der Waals surface area contributed by atoms with E-state index in [9.17, 15) is 4.79 Å². The van der Waals surface area contributed by atoms with Gasteiger partial charge in [-0.2, -0.15) is 5.10 Å². The molecule has 6 nitrogen and oxygen atoms in total. The van der Waals surface area contributed by atoms with Gasteiger partial charge in [0.2, 0.25) is 5.91 Å². The van der Waals surface area contributed by atoms with Crippen molar-refractivity contribution in [3.05, 3.63) is 52.8 Å². The summed E-state index contributed by atoms with van der Waals surface area (Å²) in [6.45, 7) is 8.78. The van der Waals surface area contributed by atoms with Gasteiger partial charge in [0, 0.05) is 30.3 Å². The van der Waals surface area contributed by atoms with E-state index in [1.807, 2.05) is 18.7 Å². The minimum Gasteiger partial charge on any atom is -0.377 e. The summed E-state index contributed by atoms with van der Waals surface area (Å²) < 4.78 is 5.72. The van der Waals surface area contributed by atoms with Gasteiger partial charge < -0.3 is 9.64 Å². The van der Waals surface area contributed by atoms with E-state index in [0.717, 1.165) is 49.4 Å². The monoisotopic (exact) mass is 382 g/mol. The molecular weight excluding hydrogens is 352 g/mol. The van der Waals surface area contributed by atoms with Crippen LogP contribution in [0.15, 0.2) is 30.3 Å². The fourth-order valence-corrected chi connectivity index (χ4v) is 4.57. The highest BCUT2D eigenvalue weighted by atomic mass is 16.5. The van der Waals surface area contributed by atoms with E-state index in [4.69, 9.17) is 4.74 Å². The molecular formula is C22H30N4O2. The maximum absolute atomic E-state index is 13.4. The van der Waals surface area contributed by atoms with Crippen molar-refractivity contribution >= 4 is 5.91 Å². The topological polar surface area (TPSA) is 61.5 Å². The lowest BCUT2D eigenvalue weighted by molar-refractivity contribution is -0.146. The second-order valence-corrected chi connectivity index (χ2v) is 8.01. The van der Waals surface area contributed by atoms with Crippen LogP contribution in [0.3, 0.4) is 0 Å². The average molecular weight is 383 g/mol. The number of hydrogen-bond donors (Lipinski definition) is 1. The number of nitrogens with one attached hydrogen (secondary N) is 1. The highest BCUT2D eigenvalue weighted by Crippen LogP contribution is 2.31. The molecule has 1 aromatic heterocycles. The van der Waals surface area contributed by atoms with E-state index in [2.05, 4.69) is 45.4 Å². The molecule has 4 rings (SSSR count). The van der Waals surface area contributed by atoms with Crippen molar-refractivity contribution in [2.45, 2.75) is 39.3 Å². The van der Waals surface area contributed by atoms with E-state index >= 15 is 0 Å². The van der Waals surface area contributed by atoms with Crippen LogP contribution >= 0.6 is 0 Å². The molecule has 2 fully saturated rings. The molecule has 3 heterocycles. The number of amides is 1. The van der Waals surface area contributed by atoms with Crippen molar-refractivity contribution in [2.75, 3.05) is 32.8 Å². The molecule has 1 atom stereocenters. The molecule has 0 radical (unpaired) electrons. The summed E-state index contributed by atoms with van der Waals surface area (Å²) in [5, 5.41) is 7.37. The van der Waals surface area contributed by atoms with Crippen molar-refractivity contribution in [2.24, 2.45) is 5.92 Å². The number of morpholine rings is 1. The van der Waals surface area contributed by atoms with Gasteiger partial charge >= 0.3 is 0 Å². The van der Waals surface area contributed by atoms with Crippen LogP contribution in [0.5, 0.6) is 0 Å². The summed E-state index contributed by atoms with van der Waals surface area (Å²) in [5.41, 5.74) is 4.45. The number of hydrogen-bond acceptors (Lipinski definition) is 4. The molecule has 2 saturated heterocycles. The van der Waals surface area contributed by atoms with E-state index in [1.165, 1.54) is 5.56 Å². The zero-order chi connectivity index (χ0) is 19.5. The highest BCUT2D eigenvalue weighted by Gasteiger charge is 2.36. The molecule has 1 amide bonds. The predicted molar refractivity (Wildman–Crippen MR) is 108 cm³/mol. The quantitative estimate of drug-likeness (QED) is 0.883. The van der Waals surface area contributed by atoms with Crippen LogP contribution in [-0.2, 0) is 16.1 Å². The maximum atomic E-state index is 13.4.